The standard InChI is InChI=1S/C12H13F2N3O2/c1-7(13)11(16-17-15)10(14)8-3-5-9(6-4-8)12(18)19-2/h3-7,10-11H,1-2H3/t7?,10-,11-/m0/s1. The van der Waals surface area contributed by atoms with E-state index in [2.05, 4.69) is 14.8 Å². The highest BCUT2D eigenvalue weighted by Gasteiger charge is 2.27. The van der Waals surface area contributed by atoms with Crippen LogP contribution in [0.3, 0.4) is 0 Å². The zero-order valence-electron chi connectivity index (χ0n) is 10.5. The molecule has 0 heterocycles. The molecule has 0 aliphatic heterocycles. The summed E-state index contributed by atoms with van der Waals surface area (Å²) in [6, 6.07) is 3.96. The maximum absolute atomic E-state index is 14.0. The molecule has 0 aliphatic carbocycles. The van der Waals surface area contributed by atoms with Crippen LogP contribution in [-0.4, -0.2) is 25.3 Å². The van der Waals surface area contributed by atoms with Crippen LogP contribution in [0.4, 0.5) is 8.78 Å². The summed E-state index contributed by atoms with van der Waals surface area (Å²) in [7, 11) is 1.23. The van der Waals surface area contributed by atoms with Gasteiger partial charge in [-0.25, -0.2) is 13.6 Å². The summed E-state index contributed by atoms with van der Waals surface area (Å²) in [4.78, 5) is 13.6. The second-order valence-corrected chi connectivity index (χ2v) is 3.89. The first-order valence-electron chi connectivity index (χ1n) is 5.52. The molecule has 102 valence electrons. The van der Waals surface area contributed by atoms with E-state index in [9.17, 15) is 13.6 Å². The summed E-state index contributed by atoms with van der Waals surface area (Å²) in [6.45, 7) is 1.12. The Morgan fingerprint density at radius 1 is 1.37 bits per heavy atom. The van der Waals surface area contributed by atoms with Gasteiger partial charge in [0.1, 0.15) is 18.4 Å². The van der Waals surface area contributed by atoms with Crippen LogP contribution in [0.15, 0.2) is 29.4 Å². The Balaban J connectivity index is 2.96. The first kappa shape index (κ1) is 14.9. The molecule has 0 bridgehead atoms. The lowest BCUT2D eigenvalue weighted by molar-refractivity contribution is 0.0600. The molecule has 0 fully saturated rings. The molecule has 0 amide bonds. The number of carbonyl (C=O) groups is 1. The third-order valence-electron chi connectivity index (χ3n) is 2.61. The SMILES string of the molecule is COC(=O)c1ccc([C@H](F)[C@@H](N=[N+]=[N-])C(C)F)cc1. The van der Waals surface area contributed by atoms with Gasteiger partial charge in [0.05, 0.1) is 12.7 Å². The number of alkyl halides is 2. The van der Waals surface area contributed by atoms with Crippen molar-refractivity contribution < 1.29 is 18.3 Å². The Morgan fingerprint density at radius 3 is 2.37 bits per heavy atom. The molecule has 0 N–H and O–H groups in total. The molecule has 0 radical (unpaired) electrons. The minimum Gasteiger partial charge on any atom is -0.465 e. The molecule has 3 atom stereocenters. The number of hydrogen-bond donors (Lipinski definition) is 0. The minimum absolute atomic E-state index is 0.134. The summed E-state index contributed by atoms with van der Waals surface area (Å²) in [6.07, 6.45) is -3.39. The molecule has 5 nitrogen and oxygen atoms in total. The highest BCUT2D eigenvalue weighted by molar-refractivity contribution is 5.89. The molecule has 0 aliphatic rings. The van der Waals surface area contributed by atoms with Crippen molar-refractivity contribution in [3.8, 4) is 0 Å². The number of ether oxygens (including phenoxy) is 1. The second-order valence-electron chi connectivity index (χ2n) is 3.89. The Bertz CT molecular complexity index is 484. The molecule has 0 saturated heterocycles. The lowest BCUT2D eigenvalue weighted by Crippen LogP contribution is -2.22. The quantitative estimate of drug-likeness (QED) is 0.355. The topological polar surface area (TPSA) is 75.1 Å². The predicted octanol–water partition coefficient (Wildman–Crippen LogP) is 3.52. The van der Waals surface area contributed by atoms with Crippen LogP contribution in [0.5, 0.6) is 0 Å². The first-order chi connectivity index (χ1) is 9.01. The van der Waals surface area contributed by atoms with E-state index in [0.717, 1.165) is 6.92 Å². The van der Waals surface area contributed by atoms with Crippen LogP contribution in [0, 0.1) is 0 Å². The summed E-state index contributed by atoms with van der Waals surface area (Å²) < 4.78 is 31.7. The van der Waals surface area contributed by atoms with E-state index in [1.165, 1.54) is 31.4 Å². The van der Waals surface area contributed by atoms with Crippen molar-refractivity contribution in [3.05, 3.63) is 45.8 Å². The number of halogens is 2. The fourth-order valence-corrected chi connectivity index (χ4v) is 1.56. The third kappa shape index (κ3) is 3.66. The highest BCUT2D eigenvalue weighted by atomic mass is 19.1. The Hall–Kier alpha value is -2.14. The van der Waals surface area contributed by atoms with Gasteiger partial charge in [-0.2, -0.15) is 0 Å². The normalized spacial score (nSPS) is 14.9. The van der Waals surface area contributed by atoms with E-state index in [0.29, 0.717) is 0 Å². The van der Waals surface area contributed by atoms with E-state index >= 15 is 0 Å². The summed E-state index contributed by atoms with van der Waals surface area (Å²) in [5.74, 6) is -0.549. The smallest absolute Gasteiger partial charge is 0.337 e. The number of azide groups is 1. The zero-order valence-corrected chi connectivity index (χ0v) is 10.5. The van der Waals surface area contributed by atoms with Gasteiger partial charge in [-0.3, -0.25) is 0 Å². The van der Waals surface area contributed by atoms with E-state index in [-0.39, 0.29) is 11.1 Å². The lowest BCUT2D eigenvalue weighted by atomic mass is 10.00. The van der Waals surface area contributed by atoms with Crippen molar-refractivity contribution in [1.82, 2.24) is 0 Å². The van der Waals surface area contributed by atoms with Crippen LogP contribution in [0.1, 0.15) is 29.0 Å². The monoisotopic (exact) mass is 269 g/mol. The molecule has 7 heteroatoms. The predicted molar refractivity (Wildman–Crippen MR) is 65.1 cm³/mol. The molecular weight excluding hydrogens is 256 g/mol. The van der Waals surface area contributed by atoms with Crippen LogP contribution in [-0.2, 0) is 4.74 Å². The lowest BCUT2D eigenvalue weighted by Gasteiger charge is -2.17. The molecule has 0 aromatic heterocycles. The minimum atomic E-state index is -1.78. The van der Waals surface area contributed by atoms with E-state index in [1.54, 1.807) is 0 Å². The largest absolute Gasteiger partial charge is 0.465 e. The average Bonchev–Trinajstić information content (AvgIpc) is 2.43. The van der Waals surface area contributed by atoms with Crippen molar-refractivity contribution in [1.29, 1.82) is 0 Å². The zero-order chi connectivity index (χ0) is 14.4. The van der Waals surface area contributed by atoms with Crippen LogP contribution < -0.4 is 0 Å². The Kier molecular flexibility index (Phi) is 5.26. The van der Waals surface area contributed by atoms with Gasteiger partial charge in [0.25, 0.3) is 0 Å². The van der Waals surface area contributed by atoms with Crippen molar-refractivity contribution in [2.24, 2.45) is 5.11 Å². The molecule has 0 spiro atoms. The van der Waals surface area contributed by atoms with Gasteiger partial charge in [-0.15, -0.1) is 0 Å². The van der Waals surface area contributed by atoms with E-state index in [4.69, 9.17) is 5.53 Å². The van der Waals surface area contributed by atoms with Crippen molar-refractivity contribution in [2.45, 2.75) is 25.3 Å². The fraction of sp³-hybridized carbons (Fsp3) is 0.417. The van der Waals surface area contributed by atoms with Crippen LogP contribution in [0.25, 0.3) is 10.4 Å². The molecule has 1 aromatic carbocycles. The number of rotatable bonds is 5. The number of benzene rings is 1. The summed E-state index contributed by atoms with van der Waals surface area (Å²) in [5, 5.41) is 3.11. The van der Waals surface area contributed by atoms with Crippen LogP contribution >= 0.6 is 0 Å². The van der Waals surface area contributed by atoms with Gasteiger partial charge < -0.3 is 4.74 Å². The third-order valence-corrected chi connectivity index (χ3v) is 2.61. The van der Waals surface area contributed by atoms with E-state index < -0.39 is 24.4 Å². The summed E-state index contributed by atoms with van der Waals surface area (Å²) >= 11 is 0. The molecule has 1 rings (SSSR count). The maximum Gasteiger partial charge on any atom is 0.337 e. The first-order valence-corrected chi connectivity index (χ1v) is 5.52. The van der Waals surface area contributed by atoms with Crippen molar-refractivity contribution >= 4 is 5.97 Å². The van der Waals surface area contributed by atoms with Gasteiger partial charge in [0, 0.05) is 4.91 Å². The summed E-state index contributed by atoms with van der Waals surface area (Å²) in [5.41, 5.74) is 8.68. The average molecular weight is 269 g/mol. The van der Waals surface area contributed by atoms with Gasteiger partial charge in [0.15, 0.2) is 0 Å². The van der Waals surface area contributed by atoms with Gasteiger partial charge in [-0.1, -0.05) is 17.2 Å². The maximum atomic E-state index is 14.0. The van der Waals surface area contributed by atoms with Crippen LogP contribution in [0.2, 0.25) is 0 Å². The van der Waals surface area contributed by atoms with Crippen molar-refractivity contribution in [2.75, 3.05) is 7.11 Å². The van der Waals surface area contributed by atoms with Gasteiger partial charge >= 0.3 is 5.97 Å². The Labute approximate surface area is 108 Å². The molecule has 1 unspecified atom stereocenters. The number of nitrogens with zero attached hydrogens (tertiary/aromatic N) is 3. The number of hydrogen-bond acceptors (Lipinski definition) is 3. The fourth-order valence-electron chi connectivity index (χ4n) is 1.56. The highest BCUT2D eigenvalue weighted by Crippen LogP contribution is 2.27. The second kappa shape index (κ2) is 6.70. The molecular formula is C12H13F2N3O2. The molecule has 1 aromatic rings. The van der Waals surface area contributed by atoms with Crippen molar-refractivity contribution in [3.63, 3.8) is 0 Å². The van der Waals surface area contributed by atoms with E-state index in [1.807, 2.05) is 0 Å². The molecule has 19 heavy (non-hydrogen) atoms. The number of methoxy groups -OCH3 is 1. The van der Waals surface area contributed by atoms with Gasteiger partial charge in [-0.05, 0) is 30.2 Å². The number of esters is 1. The van der Waals surface area contributed by atoms with Gasteiger partial charge in [0.2, 0.25) is 0 Å². The number of carbonyl (C=O) groups excluding carboxylic acids is 1. The Morgan fingerprint density at radius 2 is 1.95 bits per heavy atom. The molecule has 0 saturated carbocycles.